The normalized spacial score (nSPS) is 10.5. The van der Waals surface area contributed by atoms with Crippen molar-refractivity contribution in [2.24, 2.45) is 0 Å². The number of hydrogen-bond acceptors (Lipinski definition) is 4. The van der Waals surface area contributed by atoms with E-state index in [-0.39, 0.29) is 11.9 Å². The Morgan fingerprint density at radius 2 is 1.11 bits per heavy atom. The Hall–Kier alpha value is -1.32. The first kappa shape index (κ1) is 26.7. The summed E-state index contributed by atoms with van der Waals surface area (Å²) >= 11 is 0. The van der Waals surface area contributed by atoms with Gasteiger partial charge in [-0.25, -0.2) is 0 Å². The number of carbonyl (C=O) groups is 2. The molecule has 28 heavy (non-hydrogen) atoms. The number of hydrogen-bond donors (Lipinski definition) is 0. The highest BCUT2D eigenvalue weighted by Crippen LogP contribution is 2.10. The van der Waals surface area contributed by atoms with Crippen LogP contribution in [0.1, 0.15) is 117 Å². The van der Waals surface area contributed by atoms with Gasteiger partial charge in [0.15, 0.2) is 0 Å². The molecular weight excluding hydrogens is 352 g/mol. The number of carbonyl (C=O) groups excluding carboxylic acids is 2. The van der Waals surface area contributed by atoms with Gasteiger partial charge in [0.1, 0.15) is 6.61 Å². The van der Waals surface area contributed by atoms with Crippen LogP contribution in [0.25, 0.3) is 0 Å². The van der Waals surface area contributed by atoms with Crippen molar-refractivity contribution in [3.63, 3.8) is 0 Å². The van der Waals surface area contributed by atoms with E-state index in [0.29, 0.717) is 26.1 Å². The second-order valence-corrected chi connectivity index (χ2v) is 7.93. The lowest BCUT2D eigenvalue weighted by Crippen LogP contribution is -2.05. The zero-order chi connectivity index (χ0) is 20.9. The quantitative estimate of drug-likeness (QED) is 0.135. The molecule has 0 atom stereocenters. The molecule has 0 N–H and O–H groups in total. The maximum atomic E-state index is 11.7. The molecule has 0 aliphatic rings. The molecule has 0 spiro atoms. The van der Waals surface area contributed by atoms with Crippen molar-refractivity contribution in [3.05, 3.63) is 11.6 Å². The van der Waals surface area contributed by atoms with Crippen molar-refractivity contribution in [3.8, 4) is 0 Å². The highest BCUT2D eigenvalue weighted by Gasteiger charge is 2.04. The molecule has 4 nitrogen and oxygen atoms in total. The van der Waals surface area contributed by atoms with Gasteiger partial charge in [-0.3, -0.25) is 9.59 Å². The third-order valence-electron chi connectivity index (χ3n) is 4.76. The van der Waals surface area contributed by atoms with Crippen LogP contribution in [0.2, 0.25) is 0 Å². The molecule has 0 saturated carbocycles. The molecule has 164 valence electrons. The average molecular weight is 397 g/mol. The zero-order valence-corrected chi connectivity index (χ0v) is 18.7. The summed E-state index contributed by atoms with van der Waals surface area (Å²) in [7, 11) is 0. The van der Waals surface area contributed by atoms with Crippen LogP contribution in [0.4, 0.5) is 0 Å². The Labute approximate surface area is 173 Å². The van der Waals surface area contributed by atoms with Gasteiger partial charge in [-0.15, -0.1) is 0 Å². The molecular formula is C24H44O4. The maximum Gasteiger partial charge on any atom is 0.306 e. The molecule has 4 heteroatoms. The van der Waals surface area contributed by atoms with E-state index in [4.69, 9.17) is 9.47 Å². The standard InChI is InChI=1S/C24H44O4/c1-4-5-6-7-10-13-16-20-27-23(25)17-14-11-8-9-12-15-18-24(26)28-21-19-22(2)3/h19H,4-18,20-21H2,1-3H3. The minimum absolute atomic E-state index is 0.0508. The Morgan fingerprint density at radius 1 is 0.643 bits per heavy atom. The first-order chi connectivity index (χ1) is 13.6. The molecule has 0 rings (SSSR count). The van der Waals surface area contributed by atoms with E-state index in [0.717, 1.165) is 50.5 Å². The van der Waals surface area contributed by atoms with Gasteiger partial charge >= 0.3 is 11.9 Å². The van der Waals surface area contributed by atoms with Crippen molar-refractivity contribution < 1.29 is 19.1 Å². The van der Waals surface area contributed by atoms with Crippen LogP contribution in [-0.4, -0.2) is 25.2 Å². The summed E-state index contributed by atoms with van der Waals surface area (Å²) in [4.78, 5) is 23.2. The van der Waals surface area contributed by atoms with Gasteiger partial charge in [-0.1, -0.05) is 76.7 Å². The first-order valence-corrected chi connectivity index (χ1v) is 11.5. The van der Waals surface area contributed by atoms with Crippen molar-refractivity contribution in [1.29, 1.82) is 0 Å². The predicted octanol–water partition coefficient (Wildman–Crippen LogP) is 6.91. The fourth-order valence-electron chi connectivity index (χ4n) is 2.94. The summed E-state index contributed by atoms with van der Waals surface area (Å²) in [5, 5.41) is 0. The molecule has 0 amide bonds. The molecule has 0 bridgehead atoms. The largest absolute Gasteiger partial charge is 0.466 e. The maximum absolute atomic E-state index is 11.7. The van der Waals surface area contributed by atoms with Gasteiger partial charge in [0.25, 0.3) is 0 Å². The van der Waals surface area contributed by atoms with E-state index in [9.17, 15) is 9.59 Å². The van der Waals surface area contributed by atoms with Crippen LogP contribution in [-0.2, 0) is 19.1 Å². The van der Waals surface area contributed by atoms with Crippen LogP contribution < -0.4 is 0 Å². The SMILES string of the molecule is CCCCCCCCCOC(=O)CCCCCCCCC(=O)OCC=C(C)C. The monoisotopic (exact) mass is 396 g/mol. The molecule has 0 aliphatic carbocycles. The van der Waals surface area contributed by atoms with Crippen LogP contribution in [0, 0.1) is 0 Å². The molecule has 0 aromatic rings. The molecule has 0 saturated heterocycles. The Balaban J connectivity index is 3.30. The van der Waals surface area contributed by atoms with E-state index >= 15 is 0 Å². The minimum Gasteiger partial charge on any atom is -0.466 e. The van der Waals surface area contributed by atoms with Gasteiger partial charge in [-0.05, 0) is 39.2 Å². The predicted molar refractivity (Wildman–Crippen MR) is 116 cm³/mol. The van der Waals surface area contributed by atoms with Crippen molar-refractivity contribution in [2.45, 2.75) is 117 Å². The van der Waals surface area contributed by atoms with E-state index in [2.05, 4.69) is 6.92 Å². The van der Waals surface area contributed by atoms with Crippen molar-refractivity contribution in [2.75, 3.05) is 13.2 Å². The third kappa shape index (κ3) is 21.0. The van der Waals surface area contributed by atoms with Crippen LogP contribution in [0.3, 0.4) is 0 Å². The Morgan fingerprint density at radius 3 is 1.64 bits per heavy atom. The summed E-state index contributed by atoms with van der Waals surface area (Å²) in [5.74, 6) is -0.161. The van der Waals surface area contributed by atoms with Crippen LogP contribution in [0.15, 0.2) is 11.6 Å². The van der Waals surface area contributed by atoms with Crippen LogP contribution >= 0.6 is 0 Å². The van der Waals surface area contributed by atoms with Gasteiger partial charge in [0.2, 0.25) is 0 Å². The van der Waals surface area contributed by atoms with Crippen molar-refractivity contribution in [1.82, 2.24) is 0 Å². The lowest BCUT2D eigenvalue weighted by atomic mass is 10.1. The second kappa shape index (κ2) is 20.4. The number of ether oxygens (including phenoxy) is 2. The van der Waals surface area contributed by atoms with E-state index in [1.165, 1.54) is 38.5 Å². The highest BCUT2D eigenvalue weighted by atomic mass is 16.5. The minimum atomic E-state index is -0.110. The fraction of sp³-hybridized carbons (Fsp3) is 0.833. The summed E-state index contributed by atoms with van der Waals surface area (Å²) in [6, 6.07) is 0. The number of rotatable bonds is 19. The summed E-state index contributed by atoms with van der Waals surface area (Å²) in [6.07, 6.45) is 17.7. The van der Waals surface area contributed by atoms with Crippen molar-refractivity contribution >= 4 is 11.9 Å². The van der Waals surface area contributed by atoms with E-state index < -0.39 is 0 Å². The molecule has 0 unspecified atom stereocenters. The lowest BCUT2D eigenvalue weighted by Gasteiger charge is -2.05. The molecule has 0 aromatic carbocycles. The Bertz CT molecular complexity index is 411. The lowest BCUT2D eigenvalue weighted by molar-refractivity contribution is -0.144. The topological polar surface area (TPSA) is 52.6 Å². The first-order valence-electron chi connectivity index (χ1n) is 11.5. The summed E-state index contributed by atoms with van der Waals surface area (Å²) in [5.41, 5.74) is 1.16. The van der Waals surface area contributed by atoms with Gasteiger partial charge in [-0.2, -0.15) is 0 Å². The van der Waals surface area contributed by atoms with E-state index in [1.54, 1.807) is 0 Å². The van der Waals surface area contributed by atoms with Gasteiger partial charge in [0.05, 0.1) is 6.61 Å². The third-order valence-corrected chi connectivity index (χ3v) is 4.76. The van der Waals surface area contributed by atoms with E-state index in [1.807, 2.05) is 19.9 Å². The average Bonchev–Trinajstić information content (AvgIpc) is 2.65. The summed E-state index contributed by atoms with van der Waals surface area (Å²) in [6.45, 7) is 7.17. The smallest absolute Gasteiger partial charge is 0.306 e. The number of esters is 2. The molecule has 0 fully saturated rings. The zero-order valence-electron chi connectivity index (χ0n) is 18.7. The Kier molecular flexibility index (Phi) is 19.5. The van der Waals surface area contributed by atoms with Gasteiger partial charge in [0, 0.05) is 12.8 Å². The summed E-state index contributed by atoms with van der Waals surface area (Å²) < 4.78 is 10.4. The number of allylic oxidation sites excluding steroid dienone is 1. The fourth-order valence-corrected chi connectivity index (χ4v) is 2.94. The molecule has 0 heterocycles. The molecule has 0 aliphatic heterocycles. The van der Waals surface area contributed by atoms with Crippen LogP contribution in [0.5, 0.6) is 0 Å². The molecule has 0 radical (unpaired) electrons. The highest BCUT2D eigenvalue weighted by molar-refractivity contribution is 5.69. The number of unbranched alkanes of at least 4 members (excludes halogenated alkanes) is 11. The molecule has 0 aromatic heterocycles. The van der Waals surface area contributed by atoms with Gasteiger partial charge < -0.3 is 9.47 Å². The second-order valence-electron chi connectivity index (χ2n) is 7.93.